The maximum atomic E-state index is 11.2. The van der Waals surface area contributed by atoms with Crippen LogP contribution in [0, 0.1) is 17.8 Å². The van der Waals surface area contributed by atoms with Crippen molar-refractivity contribution in [3.05, 3.63) is 0 Å². The highest BCUT2D eigenvalue weighted by atomic mass is 16.6. The van der Waals surface area contributed by atoms with Crippen LogP contribution in [0.5, 0.6) is 0 Å². The summed E-state index contributed by atoms with van der Waals surface area (Å²) in [7, 11) is 0. The monoisotopic (exact) mass is 168 g/mol. The molecule has 1 heterocycles. The largest absolute Gasteiger partial charge is 0.462 e. The summed E-state index contributed by atoms with van der Waals surface area (Å²) in [5.74, 6) is 1.44. The second-order valence-corrected chi connectivity index (χ2v) is 4.35. The Hall–Kier alpha value is -0.530. The zero-order valence-corrected chi connectivity index (χ0v) is 7.75. The van der Waals surface area contributed by atoms with Crippen LogP contribution < -0.4 is 0 Å². The summed E-state index contributed by atoms with van der Waals surface area (Å²) in [5.41, 5.74) is 0. The van der Waals surface area contributed by atoms with E-state index in [2.05, 4.69) is 6.92 Å². The second-order valence-electron chi connectivity index (χ2n) is 4.35. The molecular formula is C10H16O2. The lowest BCUT2D eigenvalue weighted by Crippen LogP contribution is -2.27. The number of fused-ring (bicyclic) bond motifs is 1. The molecule has 1 saturated heterocycles. The molecule has 0 amide bonds. The van der Waals surface area contributed by atoms with Crippen LogP contribution in [-0.4, -0.2) is 12.1 Å². The average molecular weight is 168 g/mol. The molecule has 0 unspecified atom stereocenters. The van der Waals surface area contributed by atoms with Gasteiger partial charge in [0.2, 0.25) is 0 Å². The quantitative estimate of drug-likeness (QED) is 0.517. The van der Waals surface area contributed by atoms with Crippen LogP contribution in [-0.2, 0) is 9.53 Å². The van der Waals surface area contributed by atoms with Crippen LogP contribution in [0.2, 0.25) is 0 Å². The highest BCUT2D eigenvalue weighted by molar-refractivity contribution is 5.74. The first kappa shape index (κ1) is 8.09. The number of carbonyl (C=O) groups is 1. The number of carbonyl (C=O) groups excluding carboxylic acids is 1. The molecule has 0 aromatic heterocycles. The van der Waals surface area contributed by atoms with Gasteiger partial charge in [-0.2, -0.15) is 0 Å². The van der Waals surface area contributed by atoms with E-state index in [0.29, 0.717) is 5.92 Å². The maximum absolute atomic E-state index is 11.2. The van der Waals surface area contributed by atoms with E-state index in [4.69, 9.17) is 4.74 Å². The van der Waals surface area contributed by atoms with E-state index in [0.717, 1.165) is 12.3 Å². The van der Waals surface area contributed by atoms with Crippen molar-refractivity contribution in [1.29, 1.82) is 0 Å². The molecule has 2 aliphatic rings. The molecule has 0 N–H and O–H groups in total. The third-order valence-corrected chi connectivity index (χ3v) is 3.39. The Morgan fingerprint density at radius 3 is 2.83 bits per heavy atom. The van der Waals surface area contributed by atoms with E-state index < -0.39 is 0 Å². The zero-order chi connectivity index (χ0) is 8.72. The second kappa shape index (κ2) is 2.75. The Labute approximate surface area is 73.3 Å². The first-order chi connectivity index (χ1) is 5.68. The van der Waals surface area contributed by atoms with Crippen molar-refractivity contribution in [2.75, 3.05) is 0 Å². The van der Waals surface area contributed by atoms with E-state index in [1.165, 1.54) is 12.8 Å². The van der Waals surface area contributed by atoms with Crippen LogP contribution in [0.25, 0.3) is 0 Å². The van der Waals surface area contributed by atoms with Crippen molar-refractivity contribution in [3.63, 3.8) is 0 Å². The van der Waals surface area contributed by atoms with Crippen molar-refractivity contribution >= 4 is 5.97 Å². The number of hydrogen-bond donors (Lipinski definition) is 0. The van der Waals surface area contributed by atoms with Gasteiger partial charge in [-0.05, 0) is 18.8 Å². The predicted octanol–water partition coefficient (Wildman–Crippen LogP) is 1.98. The van der Waals surface area contributed by atoms with E-state index >= 15 is 0 Å². The van der Waals surface area contributed by atoms with Gasteiger partial charge in [0.1, 0.15) is 6.10 Å². The summed E-state index contributed by atoms with van der Waals surface area (Å²) < 4.78 is 5.31. The molecular weight excluding hydrogens is 152 g/mol. The molecule has 2 nitrogen and oxygen atoms in total. The number of esters is 1. The predicted molar refractivity (Wildman–Crippen MR) is 45.5 cm³/mol. The minimum absolute atomic E-state index is 0.0269. The van der Waals surface area contributed by atoms with Gasteiger partial charge in [0.15, 0.2) is 0 Å². The standard InChI is InChI=1S/C10H16O2/c1-6-3-4-8-7(2)10(11)12-9(8)5-6/h6-9H,3-5H2,1-2H3/t6-,7+,8+,9-/m0/s1. The minimum Gasteiger partial charge on any atom is -0.462 e. The lowest BCUT2D eigenvalue weighted by atomic mass is 9.77. The molecule has 4 atom stereocenters. The summed E-state index contributed by atoms with van der Waals surface area (Å²) in [4.78, 5) is 11.2. The molecule has 0 spiro atoms. The summed E-state index contributed by atoms with van der Waals surface area (Å²) in [6.07, 6.45) is 3.78. The third-order valence-electron chi connectivity index (χ3n) is 3.39. The fourth-order valence-corrected chi connectivity index (χ4v) is 2.49. The summed E-state index contributed by atoms with van der Waals surface area (Å²) in [5, 5.41) is 0. The highest BCUT2D eigenvalue weighted by Crippen LogP contribution is 2.40. The first-order valence-corrected chi connectivity index (χ1v) is 4.89. The van der Waals surface area contributed by atoms with E-state index in [1.54, 1.807) is 0 Å². The van der Waals surface area contributed by atoms with Crippen LogP contribution in [0.4, 0.5) is 0 Å². The van der Waals surface area contributed by atoms with Gasteiger partial charge < -0.3 is 4.74 Å². The SMILES string of the molecule is C[C@H]1CC[C@H]2[C@H](C1)OC(=O)[C@@H]2C. The Morgan fingerprint density at radius 1 is 1.33 bits per heavy atom. The number of rotatable bonds is 0. The fourth-order valence-electron chi connectivity index (χ4n) is 2.49. The van der Waals surface area contributed by atoms with Gasteiger partial charge in [-0.15, -0.1) is 0 Å². The Morgan fingerprint density at radius 2 is 2.08 bits per heavy atom. The van der Waals surface area contributed by atoms with Gasteiger partial charge in [-0.1, -0.05) is 20.3 Å². The molecule has 0 bridgehead atoms. The van der Waals surface area contributed by atoms with Crippen LogP contribution in [0.15, 0.2) is 0 Å². The molecule has 2 fully saturated rings. The van der Waals surface area contributed by atoms with E-state index in [1.807, 2.05) is 6.92 Å². The van der Waals surface area contributed by atoms with Crippen LogP contribution in [0.1, 0.15) is 33.1 Å². The van der Waals surface area contributed by atoms with Gasteiger partial charge in [0.05, 0.1) is 5.92 Å². The number of ether oxygens (including phenoxy) is 1. The Kier molecular flexibility index (Phi) is 1.85. The summed E-state index contributed by atoms with van der Waals surface area (Å²) in [6, 6.07) is 0. The van der Waals surface area contributed by atoms with E-state index in [-0.39, 0.29) is 18.0 Å². The summed E-state index contributed by atoms with van der Waals surface area (Å²) in [6.45, 7) is 4.25. The Balaban J connectivity index is 2.09. The van der Waals surface area contributed by atoms with Crippen molar-refractivity contribution in [3.8, 4) is 0 Å². The molecule has 1 saturated carbocycles. The van der Waals surface area contributed by atoms with Crippen molar-refractivity contribution in [2.24, 2.45) is 17.8 Å². The lowest BCUT2D eigenvalue weighted by molar-refractivity contribution is -0.144. The smallest absolute Gasteiger partial charge is 0.309 e. The minimum atomic E-state index is 0.0269. The normalized spacial score (nSPS) is 47.0. The molecule has 2 heteroatoms. The van der Waals surface area contributed by atoms with Crippen molar-refractivity contribution in [1.82, 2.24) is 0 Å². The van der Waals surface area contributed by atoms with Crippen LogP contribution >= 0.6 is 0 Å². The van der Waals surface area contributed by atoms with Gasteiger partial charge in [0.25, 0.3) is 0 Å². The Bertz CT molecular complexity index is 200. The third kappa shape index (κ3) is 1.13. The summed E-state index contributed by atoms with van der Waals surface area (Å²) >= 11 is 0. The zero-order valence-electron chi connectivity index (χ0n) is 7.75. The van der Waals surface area contributed by atoms with Gasteiger partial charge in [-0.25, -0.2) is 0 Å². The molecule has 1 aliphatic heterocycles. The van der Waals surface area contributed by atoms with Crippen LogP contribution in [0.3, 0.4) is 0 Å². The molecule has 2 rings (SSSR count). The van der Waals surface area contributed by atoms with Gasteiger partial charge >= 0.3 is 5.97 Å². The molecule has 68 valence electrons. The van der Waals surface area contributed by atoms with Gasteiger partial charge in [-0.3, -0.25) is 4.79 Å². The van der Waals surface area contributed by atoms with Gasteiger partial charge in [0, 0.05) is 5.92 Å². The molecule has 0 radical (unpaired) electrons. The topological polar surface area (TPSA) is 26.3 Å². The maximum Gasteiger partial charge on any atom is 0.309 e. The average Bonchev–Trinajstić information content (AvgIpc) is 2.28. The number of hydrogen-bond acceptors (Lipinski definition) is 2. The molecule has 12 heavy (non-hydrogen) atoms. The van der Waals surface area contributed by atoms with Crippen molar-refractivity contribution in [2.45, 2.75) is 39.2 Å². The highest BCUT2D eigenvalue weighted by Gasteiger charge is 2.43. The molecule has 1 aliphatic carbocycles. The lowest BCUT2D eigenvalue weighted by Gasteiger charge is -2.28. The molecule has 0 aromatic carbocycles. The first-order valence-electron chi connectivity index (χ1n) is 4.89. The fraction of sp³-hybridized carbons (Fsp3) is 0.900. The van der Waals surface area contributed by atoms with Crippen molar-refractivity contribution < 1.29 is 9.53 Å². The van der Waals surface area contributed by atoms with E-state index in [9.17, 15) is 4.79 Å². The molecule has 0 aromatic rings.